The van der Waals surface area contributed by atoms with E-state index in [-0.39, 0.29) is 6.10 Å². The maximum absolute atomic E-state index is 9.66. The molecule has 1 aromatic heterocycles. The molecule has 1 aliphatic carbocycles. The lowest BCUT2D eigenvalue weighted by Crippen LogP contribution is -2.16. The molecule has 1 fully saturated rings. The van der Waals surface area contributed by atoms with Gasteiger partial charge in [0.1, 0.15) is 5.82 Å². The molecule has 1 aromatic rings. The smallest absolute Gasteiger partial charge is 0.108 e. The number of hydrogen-bond acceptors (Lipinski definition) is 2. The molecule has 84 valence electrons. The number of hydrogen-bond donors (Lipinski definition) is 1. The van der Waals surface area contributed by atoms with Gasteiger partial charge in [-0.25, -0.2) is 4.98 Å². The van der Waals surface area contributed by atoms with Crippen molar-refractivity contribution in [1.29, 1.82) is 0 Å². The van der Waals surface area contributed by atoms with Gasteiger partial charge in [-0.1, -0.05) is 6.92 Å². The molecule has 3 atom stereocenters. The predicted octanol–water partition coefficient (Wildman–Crippen LogP) is 1.76. The summed E-state index contributed by atoms with van der Waals surface area (Å²) in [6.45, 7) is 2.17. The lowest BCUT2D eigenvalue weighted by Gasteiger charge is -2.16. The van der Waals surface area contributed by atoms with Crippen molar-refractivity contribution in [2.45, 2.75) is 38.7 Å². The van der Waals surface area contributed by atoms with Crippen LogP contribution < -0.4 is 0 Å². The highest BCUT2D eigenvalue weighted by atomic mass is 16.3. The number of aliphatic hydroxyl groups is 1. The summed E-state index contributed by atoms with van der Waals surface area (Å²) in [5.41, 5.74) is 0. The highest BCUT2D eigenvalue weighted by Crippen LogP contribution is 2.34. The summed E-state index contributed by atoms with van der Waals surface area (Å²) in [4.78, 5) is 4.32. The van der Waals surface area contributed by atoms with Gasteiger partial charge < -0.3 is 9.67 Å². The Morgan fingerprint density at radius 1 is 1.53 bits per heavy atom. The minimum absolute atomic E-state index is 0.0728. The van der Waals surface area contributed by atoms with Crippen LogP contribution in [0.2, 0.25) is 0 Å². The molecular weight excluding hydrogens is 188 g/mol. The van der Waals surface area contributed by atoms with E-state index in [9.17, 15) is 5.11 Å². The Hall–Kier alpha value is -0.830. The molecule has 15 heavy (non-hydrogen) atoms. The van der Waals surface area contributed by atoms with Crippen LogP contribution in [0.4, 0.5) is 0 Å². The van der Waals surface area contributed by atoms with Gasteiger partial charge in [0.15, 0.2) is 0 Å². The largest absolute Gasteiger partial charge is 0.393 e. The number of nitrogens with zero attached hydrogens (tertiary/aromatic N) is 2. The topological polar surface area (TPSA) is 38.1 Å². The summed E-state index contributed by atoms with van der Waals surface area (Å²) in [6.07, 6.45) is 8.11. The van der Waals surface area contributed by atoms with E-state index in [1.165, 1.54) is 6.42 Å². The van der Waals surface area contributed by atoms with Gasteiger partial charge in [0.25, 0.3) is 0 Å². The van der Waals surface area contributed by atoms with Crippen LogP contribution in [-0.2, 0) is 13.5 Å². The molecule has 3 nitrogen and oxygen atoms in total. The maximum Gasteiger partial charge on any atom is 0.108 e. The molecule has 0 radical (unpaired) electrons. The fourth-order valence-electron chi connectivity index (χ4n) is 2.58. The average Bonchev–Trinajstić information content (AvgIpc) is 2.74. The first kappa shape index (κ1) is 10.7. The fraction of sp³-hybridized carbons (Fsp3) is 0.750. The first-order valence-electron chi connectivity index (χ1n) is 5.82. The van der Waals surface area contributed by atoms with Gasteiger partial charge in [-0.05, 0) is 31.1 Å². The van der Waals surface area contributed by atoms with Crippen molar-refractivity contribution in [2.24, 2.45) is 18.9 Å². The van der Waals surface area contributed by atoms with E-state index in [1.54, 1.807) is 0 Å². The molecule has 3 unspecified atom stereocenters. The molecule has 0 aliphatic heterocycles. The van der Waals surface area contributed by atoms with E-state index in [4.69, 9.17) is 0 Å². The van der Waals surface area contributed by atoms with E-state index in [0.717, 1.165) is 25.1 Å². The summed E-state index contributed by atoms with van der Waals surface area (Å²) >= 11 is 0. The number of aryl methyl sites for hydroxylation is 2. The van der Waals surface area contributed by atoms with Gasteiger partial charge in [0.2, 0.25) is 0 Å². The molecule has 1 N–H and O–H groups in total. The van der Waals surface area contributed by atoms with Crippen molar-refractivity contribution < 1.29 is 5.11 Å². The Balaban J connectivity index is 1.86. The summed E-state index contributed by atoms with van der Waals surface area (Å²) in [5.74, 6) is 2.30. The first-order valence-corrected chi connectivity index (χ1v) is 5.82. The molecule has 2 rings (SSSR count). The monoisotopic (exact) mass is 208 g/mol. The maximum atomic E-state index is 9.66. The van der Waals surface area contributed by atoms with Crippen LogP contribution in [-0.4, -0.2) is 20.8 Å². The Kier molecular flexibility index (Phi) is 3.10. The van der Waals surface area contributed by atoms with E-state index in [1.807, 2.05) is 19.4 Å². The van der Waals surface area contributed by atoms with E-state index in [2.05, 4.69) is 16.5 Å². The lowest BCUT2D eigenvalue weighted by molar-refractivity contribution is 0.126. The van der Waals surface area contributed by atoms with Gasteiger partial charge in [-0.15, -0.1) is 0 Å². The minimum Gasteiger partial charge on any atom is -0.393 e. The molecule has 0 aromatic carbocycles. The van der Waals surface area contributed by atoms with Crippen LogP contribution in [0.15, 0.2) is 12.4 Å². The van der Waals surface area contributed by atoms with Crippen LogP contribution in [0.5, 0.6) is 0 Å². The summed E-state index contributed by atoms with van der Waals surface area (Å²) in [6, 6.07) is 0. The normalized spacial score (nSPS) is 31.0. The molecule has 0 spiro atoms. The van der Waals surface area contributed by atoms with Gasteiger partial charge in [0.05, 0.1) is 6.10 Å². The predicted molar refractivity (Wildman–Crippen MR) is 59.4 cm³/mol. The summed E-state index contributed by atoms with van der Waals surface area (Å²) in [5, 5.41) is 9.66. The van der Waals surface area contributed by atoms with Crippen LogP contribution >= 0.6 is 0 Å². The van der Waals surface area contributed by atoms with E-state index in [0.29, 0.717) is 11.8 Å². The SMILES string of the molecule is CC1C(O)CCC1CCc1nccn1C. The lowest BCUT2D eigenvalue weighted by atomic mass is 9.92. The first-order chi connectivity index (χ1) is 7.18. The van der Waals surface area contributed by atoms with E-state index < -0.39 is 0 Å². The third-order valence-electron chi connectivity index (χ3n) is 3.84. The number of rotatable bonds is 3. The van der Waals surface area contributed by atoms with Crippen molar-refractivity contribution in [3.8, 4) is 0 Å². The highest BCUT2D eigenvalue weighted by Gasteiger charge is 2.30. The molecule has 1 heterocycles. The average molecular weight is 208 g/mol. The van der Waals surface area contributed by atoms with Crippen molar-refractivity contribution in [3.05, 3.63) is 18.2 Å². The zero-order valence-electron chi connectivity index (χ0n) is 9.56. The molecule has 0 bridgehead atoms. The summed E-state index contributed by atoms with van der Waals surface area (Å²) in [7, 11) is 2.04. The Morgan fingerprint density at radius 3 is 2.87 bits per heavy atom. The van der Waals surface area contributed by atoms with Gasteiger partial charge >= 0.3 is 0 Å². The molecule has 3 heteroatoms. The van der Waals surface area contributed by atoms with Crippen LogP contribution in [0.25, 0.3) is 0 Å². The van der Waals surface area contributed by atoms with E-state index >= 15 is 0 Å². The third-order valence-corrected chi connectivity index (χ3v) is 3.84. The molecule has 0 amide bonds. The molecule has 0 saturated heterocycles. The zero-order valence-corrected chi connectivity index (χ0v) is 9.56. The van der Waals surface area contributed by atoms with Gasteiger partial charge in [-0.2, -0.15) is 0 Å². The second-order valence-corrected chi connectivity index (χ2v) is 4.76. The Bertz CT molecular complexity index is 321. The highest BCUT2D eigenvalue weighted by molar-refractivity contribution is 4.93. The summed E-state index contributed by atoms with van der Waals surface area (Å²) < 4.78 is 2.08. The Labute approximate surface area is 91.1 Å². The Morgan fingerprint density at radius 2 is 2.33 bits per heavy atom. The second kappa shape index (κ2) is 4.35. The van der Waals surface area contributed by atoms with Crippen molar-refractivity contribution >= 4 is 0 Å². The molecule has 1 aliphatic rings. The van der Waals surface area contributed by atoms with Crippen molar-refractivity contribution in [3.63, 3.8) is 0 Å². The van der Waals surface area contributed by atoms with Crippen molar-refractivity contribution in [1.82, 2.24) is 9.55 Å². The zero-order chi connectivity index (χ0) is 10.8. The third kappa shape index (κ3) is 2.23. The number of aromatic nitrogens is 2. The number of aliphatic hydroxyl groups excluding tert-OH is 1. The fourth-order valence-corrected chi connectivity index (χ4v) is 2.58. The van der Waals surface area contributed by atoms with Crippen LogP contribution in [0.3, 0.4) is 0 Å². The van der Waals surface area contributed by atoms with Crippen molar-refractivity contribution in [2.75, 3.05) is 0 Å². The van der Waals surface area contributed by atoms with Crippen LogP contribution in [0, 0.1) is 11.8 Å². The minimum atomic E-state index is -0.0728. The van der Waals surface area contributed by atoms with Gasteiger partial charge in [0, 0.05) is 25.9 Å². The quantitative estimate of drug-likeness (QED) is 0.822. The molecule has 1 saturated carbocycles. The standard InChI is InChI=1S/C12H20N2O/c1-9-10(3-5-11(9)15)4-6-12-13-7-8-14(12)2/h7-11,15H,3-6H2,1-2H3. The van der Waals surface area contributed by atoms with Crippen LogP contribution in [0.1, 0.15) is 32.0 Å². The molecular formula is C12H20N2O. The second-order valence-electron chi connectivity index (χ2n) is 4.76. The number of imidazole rings is 1. The van der Waals surface area contributed by atoms with Gasteiger partial charge in [-0.3, -0.25) is 0 Å².